The highest BCUT2D eigenvalue weighted by Crippen LogP contribution is 2.28. The molecule has 2 nitrogen and oxygen atoms in total. The SMILES string of the molecule is CCN(C1CCCCC1)C(C)C(O)c1ccccc1. The van der Waals surface area contributed by atoms with E-state index >= 15 is 0 Å². The highest BCUT2D eigenvalue weighted by atomic mass is 16.3. The lowest BCUT2D eigenvalue weighted by Gasteiger charge is -2.39. The van der Waals surface area contributed by atoms with Crippen molar-refractivity contribution in [2.45, 2.75) is 64.1 Å². The van der Waals surface area contributed by atoms with E-state index in [9.17, 15) is 5.11 Å². The Morgan fingerprint density at radius 2 is 1.79 bits per heavy atom. The van der Waals surface area contributed by atoms with Crippen LogP contribution >= 0.6 is 0 Å². The summed E-state index contributed by atoms with van der Waals surface area (Å²) in [4.78, 5) is 2.50. The molecule has 1 fully saturated rings. The van der Waals surface area contributed by atoms with Gasteiger partial charge in [-0.05, 0) is 31.9 Å². The molecule has 0 amide bonds. The van der Waals surface area contributed by atoms with Gasteiger partial charge in [-0.1, -0.05) is 56.5 Å². The van der Waals surface area contributed by atoms with Gasteiger partial charge in [-0.2, -0.15) is 0 Å². The zero-order valence-electron chi connectivity index (χ0n) is 12.3. The van der Waals surface area contributed by atoms with E-state index < -0.39 is 0 Å². The zero-order valence-corrected chi connectivity index (χ0v) is 12.3. The third-order valence-electron chi connectivity index (χ3n) is 4.53. The van der Waals surface area contributed by atoms with Gasteiger partial charge in [0.05, 0.1) is 6.10 Å². The fraction of sp³-hybridized carbons (Fsp3) is 0.647. The van der Waals surface area contributed by atoms with Gasteiger partial charge in [-0.15, -0.1) is 0 Å². The molecule has 19 heavy (non-hydrogen) atoms. The monoisotopic (exact) mass is 261 g/mol. The van der Waals surface area contributed by atoms with E-state index in [-0.39, 0.29) is 12.1 Å². The molecule has 0 bridgehead atoms. The van der Waals surface area contributed by atoms with Crippen LogP contribution in [-0.2, 0) is 0 Å². The van der Waals surface area contributed by atoms with Crippen molar-refractivity contribution in [3.05, 3.63) is 35.9 Å². The Bertz CT molecular complexity index is 359. The molecule has 106 valence electrons. The van der Waals surface area contributed by atoms with Gasteiger partial charge in [0.2, 0.25) is 0 Å². The van der Waals surface area contributed by atoms with Crippen LogP contribution in [0.4, 0.5) is 0 Å². The van der Waals surface area contributed by atoms with E-state index in [2.05, 4.69) is 18.7 Å². The Hall–Kier alpha value is -0.860. The van der Waals surface area contributed by atoms with Crippen molar-refractivity contribution in [1.82, 2.24) is 4.90 Å². The average molecular weight is 261 g/mol. The molecule has 1 aromatic rings. The Morgan fingerprint density at radius 3 is 2.37 bits per heavy atom. The summed E-state index contributed by atoms with van der Waals surface area (Å²) in [7, 11) is 0. The molecule has 2 atom stereocenters. The maximum Gasteiger partial charge on any atom is 0.0942 e. The first-order valence-electron chi connectivity index (χ1n) is 7.72. The molecule has 0 aliphatic heterocycles. The van der Waals surface area contributed by atoms with E-state index in [1.54, 1.807) is 0 Å². The van der Waals surface area contributed by atoms with Gasteiger partial charge in [0.15, 0.2) is 0 Å². The molecule has 0 heterocycles. The summed E-state index contributed by atoms with van der Waals surface area (Å²) < 4.78 is 0. The third-order valence-corrected chi connectivity index (χ3v) is 4.53. The van der Waals surface area contributed by atoms with E-state index in [0.29, 0.717) is 6.04 Å². The summed E-state index contributed by atoms with van der Waals surface area (Å²) in [5.74, 6) is 0. The average Bonchev–Trinajstić information content (AvgIpc) is 2.49. The first kappa shape index (κ1) is 14.5. The number of likely N-dealkylation sites (N-methyl/N-ethyl adjacent to an activating group) is 1. The number of hydrogen-bond acceptors (Lipinski definition) is 2. The molecule has 2 heteroatoms. The van der Waals surface area contributed by atoms with Crippen LogP contribution in [0.25, 0.3) is 0 Å². The number of hydrogen-bond donors (Lipinski definition) is 1. The van der Waals surface area contributed by atoms with Gasteiger partial charge in [0, 0.05) is 12.1 Å². The highest BCUT2D eigenvalue weighted by molar-refractivity contribution is 5.18. The predicted octanol–water partition coefficient (Wildman–Crippen LogP) is 3.76. The summed E-state index contributed by atoms with van der Waals surface area (Å²) in [5, 5.41) is 10.6. The molecule has 1 saturated carbocycles. The summed E-state index contributed by atoms with van der Waals surface area (Å²) in [6.45, 7) is 5.40. The fourth-order valence-corrected chi connectivity index (χ4v) is 3.40. The Kier molecular flexibility index (Phi) is 5.41. The minimum Gasteiger partial charge on any atom is -0.387 e. The molecule has 2 rings (SSSR count). The first-order valence-corrected chi connectivity index (χ1v) is 7.72. The summed E-state index contributed by atoms with van der Waals surface area (Å²) in [5.41, 5.74) is 1.03. The molecule has 0 saturated heterocycles. The van der Waals surface area contributed by atoms with Gasteiger partial charge in [-0.3, -0.25) is 4.90 Å². The van der Waals surface area contributed by atoms with Crippen molar-refractivity contribution in [2.24, 2.45) is 0 Å². The molecule has 1 aromatic carbocycles. The van der Waals surface area contributed by atoms with Crippen LogP contribution in [0.1, 0.15) is 57.6 Å². The van der Waals surface area contributed by atoms with Crippen molar-refractivity contribution in [2.75, 3.05) is 6.54 Å². The van der Waals surface area contributed by atoms with Gasteiger partial charge in [0.1, 0.15) is 0 Å². The van der Waals surface area contributed by atoms with Gasteiger partial charge < -0.3 is 5.11 Å². The van der Waals surface area contributed by atoms with Crippen LogP contribution < -0.4 is 0 Å². The largest absolute Gasteiger partial charge is 0.387 e. The van der Waals surface area contributed by atoms with Gasteiger partial charge >= 0.3 is 0 Å². The minimum atomic E-state index is -0.386. The molecule has 1 N–H and O–H groups in total. The molecule has 2 unspecified atom stereocenters. The van der Waals surface area contributed by atoms with Crippen molar-refractivity contribution in [1.29, 1.82) is 0 Å². The van der Waals surface area contributed by atoms with Crippen molar-refractivity contribution >= 4 is 0 Å². The minimum absolute atomic E-state index is 0.190. The highest BCUT2D eigenvalue weighted by Gasteiger charge is 2.28. The van der Waals surface area contributed by atoms with Gasteiger partial charge in [0.25, 0.3) is 0 Å². The van der Waals surface area contributed by atoms with E-state index in [0.717, 1.165) is 12.1 Å². The van der Waals surface area contributed by atoms with E-state index in [4.69, 9.17) is 0 Å². The van der Waals surface area contributed by atoms with Crippen LogP contribution in [0.2, 0.25) is 0 Å². The molecule has 1 aliphatic carbocycles. The standard InChI is InChI=1S/C17H27NO/c1-3-18(16-12-8-5-9-13-16)14(2)17(19)15-10-6-4-7-11-15/h4,6-7,10-11,14,16-17,19H,3,5,8-9,12-13H2,1-2H3. The molecular formula is C17H27NO. The molecule has 1 aliphatic rings. The lowest BCUT2D eigenvalue weighted by Crippen LogP contribution is -2.45. The van der Waals surface area contributed by atoms with Crippen LogP contribution in [-0.4, -0.2) is 28.6 Å². The lowest BCUT2D eigenvalue weighted by atomic mass is 9.91. The molecule has 0 aromatic heterocycles. The molecular weight excluding hydrogens is 234 g/mol. The lowest BCUT2D eigenvalue weighted by molar-refractivity contribution is 0.0245. The smallest absolute Gasteiger partial charge is 0.0942 e. The first-order chi connectivity index (χ1) is 9.24. The molecule has 0 radical (unpaired) electrons. The Labute approximate surface area is 117 Å². The number of rotatable bonds is 5. The summed E-state index contributed by atoms with van der Waals surface area (Å²) >= 11 is 0. The predicted molar refractivity (Wildman–Crippen MR) is 80.1 cm³/mol. The normalized spacial score (nSPS) is 20.4. The van der Waals surface area contributed by atoms with E-state index in [1.165, 1.54) is 32.1 Å². The quantitative estimate of drug-likeness (QED) is 0.872. The third kappa shape index (κ3) is 3.58. The summed E-state index contributed by atoms with van der Waals surface area (Å²) in [6.07, 6.45) is 6.26. The van der Waals surface area contributed by atoms with Crippen LogP contribution in [0.3, 0.4) is 0 Å². The maximum atomic E-state index is 10.6. The zero-order chi connectivity index (χ0) is 13.7. The van der Waals surface area contributed by atoms with E-state index in [1.807, 2.05) is 30.3 Å². The second kappa shape index (κ2) is 7.06. The number of nitrogens with zero attached hydrogens (tertiary/aromatic N) is 1. The molecule has 0 spiro atoms. The van der Waals surface area contributed by atoms with Crippen molar-refractivity contribution in [3.8, 4) is 0 Å². The topological polar surface area (TPSA) is 23.5 Å². The number of aliphatic hydroxyl groups is 1. The van der Waals surface area contributed by atoms with Crippen LogP contribution in [0, 0.1) is 0 Å². The second-order valence-electron chi connectivity index (χ2n) is 5.72. The van der Waals surface area contributed by atoms with Crippen LogP contribution in [0.15, 0.2) is 30.3 Å². The maximum absolute atomic E-state index is 10.6. The Morgan fingerprint density at radius 1 is 1.16 bits per heavy atom. The van der Waals surface area contributed by atoms with Crippen molar-refractivity contribution < 1.29 is 5.11 Å². The summed E-state index contributed by atoms with van der Waals surface area (Å²) in [6, 6.07) is 10.9. The second-order valence-corrected chi connectivity index (χ2v) is 5.72. The Balaban J connectivity index is 2.05. The van der Waals surface area contributed by atoms with Crippen molar-refractivity contribution in [3.63, 3.8) is 0 Å². The fourth-order valence-electron chi connectivity index (χ4n) is 3.40. The van der Waals surface area contributed by atoms with Crippen LogP contribution in [0.5, 0.6) is 0 Å². The number of benzene rings is 1. The van der Waals surface area contributed by atoms with Gasteiger partial charge in [-0.25, -0.2) is 0 Å². The number of aliphatic hydroxyl groups excluding tert-OH is 1.